The highest BCUT2D eigenvalue weighted by Gasteiger charge is 2.16. The molecule has 0 radical (unpaired) electrons. The van der Waals surface area contributed by atoms with E-state index in [1.807, 2.05) is 18.3 Å². The molecule has 0 fully saturated rings. The molecule has 0 bridgehead atoms. The second-order valence-corrected chi connectivity index (χ2v) is 5.44. The highest BCUT2D eigenvalue weighted by atomic mass is 15.2. The summed E-state index contributed by atoms with van der Waals surface area (Å²) in [6.45, 7) is 4.21. The molecule has 106 valence electrons. The van der Waals surface area contributed by atoms with Crippen LogP contribution in [0.1, 0.15) is 28.3 Å². The van der Waals surface area contributed by atoms with Crippen molar-refractivity contribution in [2.24, 2.45) is 5.84 Å². The molecule has 0 amide bonds. The molecular weight excluding hydrogens is 258 g/mol. The minimum absolute atomic E-state index is 0.0674. The Hall–Kier alpha value is -2.23. The van der Waals surface area contributed by atoms with E-state index < -0.39 is 0 Å². The molecule has 0 aliphatic carbocycles. The Kier molecular flexibility index (Phi) is 3.69. The molecule has 0 aliphatic heterocycles. The first-order chi connectivity index (χ1) is 10.2. The number of para-hydroxylation sites is 1. The fourth-order valence-corrected chi connectivity index (χ4v) is 2.90. The zero-order valence-corrected chi connectivity index (χ0v) is 12.3. The average Bonchev–Trinajstić information content (AvgIpc) is 2.47. The fourth-order valence-electron chi connectivity index (χ4n) is 2.90. The molecule has 3 N–H and O–H groups in total. The molecule has 0 saturated heterocycles. The molecule has 3 nitrogen and oxygen atoms in total. The molecule has 0 spiro atoms. The van der Waals surface area contributed by atoms with E-state index in [0.717, 1.165) is 22.0 Å². The summed E-state index contributed by atoms with van der Waals surface area (Å²) in [6, 6.07) is 16.7. The van der Waals surface area contributed by atoms with E-state index in [1.54, 1.807) is 0 Å². The quantitative estimate of drug-likeness (QED) is 0.570. The lowest BCUT2D eigenvalue weighted by atomic mass is 9.94. The van der Waals surface area contributed by atoms with Crippen LogP contribution >= 0.6 is 0 Å². The van der Waals surface area contributed by atoms with Crippen molar-refractivity contribution in [1.82, 2.24) is 10.4 Å². The Morgan fingerprint density at radius 3 is 2.43 bits per heavy atom. The zero-order valence-electron chi connectivity index (χ0n) is 12.3. The first-order valence-corrected chi connectivity index (χ1v) is 7.07. The van der Waals surface area contributed by atoms with Gasteiger partial charge in [-0.25, -0.2) is 5.43 Å². The first-order valence-electron chi connectivity index (χ1n) is 7.07. The molecule has 0 aliphatic rings. The third-order valence-electron chi connectivity index (χ3n) is 3.72. The van der Waals surface area contributed by atoms with Gasteiger partial charge in [0.15, 0.2) is 0 Å². The molecule has 1 heterocycles. The van der Waals surface area contributed by atoms with Crippen LogP contribution in [0.2, 0.25) is 0 Å². The van der Waals surface area contributed by atoms with Crippen molar-refractivity contribution in [3.8, 4) is 0 Å². The fraction of sp³-hybridized carbons (Fsp3) is 0.167. The normalized spacial score (nSPS) is 12.5. The van der Waals surface area contributed by atoms with Gasteiger partial charge in [-0.3, -0.25) is 10.8 Å². The van der Waals surface area contributed by atoms with Crippen molar-refractivity contribution in [2.75, 3.05) is 0 Å². The standard InChI is InChI=1S/C18H19N3/c1-12-9-13(2)11-15(10-12)18(21-19)16-7-3-5-14-6-4-8-20-17(14)16/h3-11,18,21H,19H2,1-2H3. The van der Waals surface area contributed by atoms with Crippen LogP contribution in [0.25, 0.3) is 10.9 Å². The molecule has 2 aromatic carbocycles. The molecule has 1 unspecified atom stereocenters. The summed E-state index contributed by atoms with van der Waals surface area (Å²) in [5.41, 5.74) is 8.66. The van der Waals surface area contributed by atoms with E-state index in [9.17, 15) is 0 Å². The Bertz CT molecular complexity index is 755. The van der Waals surface area contributed by atoms with E-state index >= 15 is 0 Å². The number of aromatic nitrogens is 1. The molecule has 1 aromatic heterocycles. The van der Waals surface area contributed by atoms with Gasteiger partial charge in [0.2, 0.25) is 0 Å². The summed E-state index contributed by atoms with van der Waals surface area (Å²) in [5.74, 6) is 5.85. The Labute approximate surface area is 124 Å². The van der Waals surface area contributed by atoms with Gasteiger partial charge in [0.1, 0.15) is 0 Å². The first kappa shape index (κ1) is 13.7. The van der Waals surface area contributed by atoms with Crippen LogP contribution in [-0.2, 0) is 0 Å². The van der Waals surface area contributed by atoms with Crippen LogP contribution < -0.4 is 11.3 Å². The Balaban J connectivity index is 2.18. The molecule has 0 saturated carbocycles. The molecule has 3 rings (SSSR count). The average molecular weight is 277 g/mol. The summed E-state index contributed by atoms with van der Waals surface area (Å²) in [6.07, 6.45) is 1.82. The van der Waals surface area contributed by atoms with Crippen LogP contribution in [0, 0.1) is 13.8 Å². The molecular formula is C18H19N3. The van der Waals surface area contributed by atoms with Crippen molar-refractivity contribution in [2.45, 2.75) is 19.9 Å². The third kappa shape index (κ3) is 2.66. The second-order valence-electron chi connectivity index (χ2n) is 5.44. The number of nitrogens with one attached hydrogen (secondary N) is 1. The van der Waals surface area contributed by atoms with E-state index in [-0.39, 0.29) is 6.04 Å². The maximum Gasteiger partial charge on any atom is 0.0753 e. The van der Waals surface area contributed by atoms with Gasteiger partial charge in [-0.05, 0) is 25.5 Å². The predicted octanol–water partition coefficient (Wildman–Crippen LogP) is 3.40. The maximum absolute atomic E-state index is 5.85. The topological polar surface area (TPSA) is 50.9 Å². The van der Waals surface area contributed by atoms with Gasteiger partial charge in [-0.15, -0.1) is 0 Å². The number of aryl methyl sites for hydroxylation is 2. The highest BCUT2D eigenvalue weighted by Crippen LogP contribution is 2.28. The van der Waals surface area contributed by atoms with Gasteiger partial charge < -0.3 is 0 Å². The van der Waals surface area contributed by atoms with Crippen LogP contribution in [-0.4, -0.2) is 4.98 Å². The van der Waals surface area contributed by atoms with Crippen molar-refractivity contribution in [1.29, 1.82) is 0 Å². The lowest BCUT2D eigenvalue weighted by molar-refractivity contribution is 0.639. The predicted molar refractivity (Wildman–Crippen MR) is 86.8 cm³/mol. The van der Waals surface area contributed by atoms with Crippen molar-refractivity contribution in [3.05, 3.63) is 77.0 Å². The van der Waals surface area contributed by atoms with Crippen molar-refractivity contribution < 1.29 is 0 Å². The van der Waals surface area contributed by atoms with E-state index in [0.29, 0.717) is 0 Å². The minimum atomic E-state index is -0.0674. The lowest BCUT2D eigenvalue weighted by Crippen LogP contribution is -2.29. The van der Waals surface area contributed by atoms with Gasteiger partial charge in [-0.2, -0.15) is 0 Å². The molecule has 21 heavy (non-hydrogen) atoms. The monoisotopic (exact) mass is 277 g/mol. The number of benzene rings is 2. The number of pyridine rings is 1. The lowest BCUT2D eigenvalue weighted by Gasteiger charge is -2.19. The van der Waals surface area contributed by atoms with Gasteiger partial charge in [-0.1, -0.05) is 53.6 Å². The highest BCUT2D eigenvalue weighted by molar-refractivity contribution is 5.82. The maximum atomic E-state index is 5.85. The smallest absolute Gasteiger partial charge is 0.0753 e. The van der Waals surface area contributed by atoms with Crippen LogP contribution in [0.5, 0.6) is 0 Å². The summed E-state index contributed by atoms with van der Waals surface area (Å²) in [7, 11) is 0. The summed E-state index contributed by atoms with van der Waals surface area (Å²) >= 11 is 0. The zero-order chi connectivity index (χ0) is 14.8. The number of hydrogen-bond acceptors (Lipinski definition) is 3. The van der Waals surface area contributed by atoms with Crippen molar-refractivity contribution in [3.63, 3.8) is 0 Å². The van der Waals surface area contributed by atoms with Crippen molar-refractivity contribution >= 4 is 10.9 Å². The molecule has 1 atom stereocenters. The van der Waals surface area contributed by atoms with Gasteiger partial charge >= 0.3 is 0 Å². The second kappa shape index (κ2) is 5.64. The molecule has 3 heteroatoms. The third-order valence-corrected chi connectivity index (χ3v) is 3.72. The minimum Gasteiger partial charge on any atom is -0.271 e. The molecule has 3 aromatic rings. The van der Waals surface area contributed by atoms with Gasteiger partial charge in [0, 0.05) is 17.1 Å². The Morgan fingerprint density at radius 1 is 1.00 bits per heavy atom. The number of fused-ring (bicyclic) bond motifs is 1. The number of hydrogen-bond donors (Lipinski definition) is 2. The Morgan fingerprint density at radius 2 is 1.71 bits per heavy atom. The van der Waals surface area contributed by atoms with E-state index in [2.05, 4.69) is 60.7 Å². The number of rotatable bonds is 3. The van der Waals surface area contributed by atoms with Crippen LogP contribution in [0.15, 0.2) is 54.7 Å². The van der Waals surface area contributed by atoms with Gasteiger partial charge in [0.05, 0.1) is 11.6 Å². The van der Waals surface area contributed by atoms with E-state index in [4.69, 9.17) is 5.84 Å². The SMILES string of the molecule is Cc1cc(C)cc(C(NN)c2cccc3cccnc23)c1. The largest absolute Gasteiger partial charge is 0.271 e. The summed E-state index contributed by atoms with van der Waals surface area (Å²) in [4.78, 5) is 4.52. The summed E-state index contributed by atoms with van der Waals surface area (Å²) in [5, 5.41) is 1.12. The number of hydrazine groups is 1. The number of nitrogens with zero attached hydrogens (tertiary/aromatic N) is 1. The van der Waals surface area contributed by atoms with Crippen LogP contribution in [0.4, 0.5) is 0 Å². The summed E-state index contributed by atoms with van der Waals surface area (Å²) < 4.78 is 0. The van der Waals surface area contributed by atoms with E-state index in [1.165, 1.54) is 11.1 Å². The van der Waals surface area contributed by atoms with Gasteiger partial charge in [0.25, 0.3) is 0 Å². The van der Waals surface area contributed by atoms with Crippen LogP contribution in [0.3, 0.4) is 0 Å². The number of nitrogens with two attached hydrogens (primary N) is 1.